The maximum absolute atomic E-state index is 13.2. The first kappa shape index (κ1) is 22.5. The fraction of sp³-hybridized carbons (Fsp3) is 0.478. The Balaban J connectivity index is 2.26. The Morgan fingerprint density at radius 3 is 2.48 bits per heavy atom. The van der Waals surface area contributed by atoms with E-state index in [9.17, 15) is 19.7 Å². The number of benzene rings is 1. The average molecular weight is 428 g/mol. The molecular formula is C23H28N2O6. The number of carbonyl (C=O) groups excluding carboxylic acids is 2. The van der Waals surface area contributed by atoms with Gasteiger partial charge in [0.2, 0.25) is 0 Å². The number of allylic oxidation sites excluding steroid dienone is 2. The third-order valence-corrected chi connectivity index (χ3v) is 5.89. The van der Waals surface area contributed by atoms with Crippen LogP contribution in [0.5, 0.6) is 0 Å². The molecule has 0 amide bonds. The molecule has 3 rings (SSSR count). The molecule has 1 saturated heterocycles. The predicted molar refractivity (Wildman–Crippen MR) is 114 cm³/mol. The van der Waals surface area contributed by atoms with E-state index < -0.39 is 28.7 Å². The van der Waals surface area contributed by atoms with Gasteiger partial charge in [0.15, 0.2) is 0 Å². The van der Waals surface area contributed by atoms with Crippen molar-refractivity contribution >= 4 is 17.6 Å². The number of piperidine rings is 1. The molecule has 8 heteroatoms. The minimum Gasteiger partial charge on any atom is -0.466 e. The second kappa shape index (κ2) is 9.76. The minimum absolute atomic E-state index is 0.143. The van der Waals surface area contributed by atoms with Gasteiger partial charge < -0.3 is 14.4 Å². The van der Waals surface area contributed by atoms with E-state index >= 15 is 0 Å². The van der Waals surface area contributed by atoms with Crippen LogP contribution < -0.4 is 0 Å². The predicted octanol–water partition coefficient (Wildman–Crippen LogP) is 3.73. The number of hydrogen-bond acceptors (Lipinski definition) is 7. The van der Waals surface area contributed by atoms with Crippen LogP contribution in [0.1, 0.15) is 44.6 Å². The Morgan fingerprint density at radius 1 is 1.19 bits per heavy atom. The molecule has 0 aromatic heterocycles. The fourth-order valence-corrected chi connectivity index (χ4v) is 4.55. The van der Waals surface area contributed by atoms with Gasteiger partial charge in [-0.25, -0.2) is 4.79 Å². The number of hydrogen-bond donors (Lipinski definition) is 0. The summed E-state index contributed by atoms with van der Waals surface area (Å²) in [7, 11) is 1.27. The Morgan fingerprint density at radius 2 is 1.87 bits per heavy atom. The van der Waals surface area contributed by atoms with Crippen LogP contribution in [0.2, 0.25) is 0 Å². The molecule has 1 heterocycles. The molecule has 166 valence electrons. The summed E-state index contributed by atoms with van der Waals surface area (Å²) in [5, 5.41) is 11.8. The number of carbonyl (C=O) groups is 2. The highest BCUT2D eigenvalue weighted by Gasteiger charge is 2.46. The van der Waals surface area contributed by atoms with Gasteiger partial charge in [-0.15, -0.1) is 0 Å². The van der Waals surface area contributed by atoms with Gasteiger partial charge in [-0.05, 0) is 44.8 Å². The van der Waals surface area contributed by atoms with E-state index in [1.165, 1.54) is 13.2 Å². The SMILES string of the molecule is CCOC(=O)[C@H]1C(N2CCCCC2)=CC(C)=C(C(=O)OC)[C@@H]1c1ccccc1[N+](=O)[O-]. The van der Waals surface area contributed by atoms with E-state index in [-0.39, 0.29) is 17.9 Å². The van der Waals surface area contributed by atoms with E-state index in [0.29, 0.717) is 11.1 Å². The summed E-state index contributed by atoms with van der Waals surface area (Å²) < 4.78 is 10.4. The molecule has 31 heavy (non-hydrogen) atoms. The van der Waals surface area contributed by atoms with Gasteiger partial charge in [-0.2, -0.15) is 0 Å². The van der Waals surface area contributed by atoms with Crippen molar-refractivity contribution in [3.63, 3.8) is 0 Å². The van der Waals surface area contributed by atoms with Crippen molar-refractivity contribution in [3.05, 3.63) is 62.9 Å². The highest BCUT2D eigenvalue weighted by atomic mass is 16.6. The van der Waals surface area contributed by atoms with E-state index in [4.69, 9.17) is 9.47 Å². The van der Waals surface area contributed by atoms with Crippen LogP contribution >= 0.6 is 0 Å². The molecule has 1 aromatic carbocycles. The number of likely N-dealkylation sites (tertiary alicyclic amines) is 1. The van der Waals surface area contributed by atoms with Crippen molar-refractivity contribution < 1.29 is 24.0 Å². The first-order valence-electron chi connectivity index (χ1n) is 10.6. The molecule has 0 spiro atoms. The minimum atomic E-state index is -0.880. The number of nitrogens with zero attached hydrogens (tertiary/aromatic N) is 2. The maximum atomic E-state index is 13.2. The molecular weight excluding hydrogens is 400 g/mol. The number of rotatable bonds is 6. The third kappa shape index (κ3) is 4.47. The van der Waals surface area contributed by atoms with Crippen LogP contribution in [0.4, 0.5) is 5.69 Å². The second-order valence-corrected chi connectivity index (χ2v) is 7.73. The van der Waals surface area contributed by atoms with E-state index in [1.807, 2.05) is 6.08 Å². The molecule has 0 unspecified atom stereocenters. The number of para-hydroxylation sites is 1. The van der Waals surface area contributed by atoms with Crippen molar-refractivity contribution in [2.24, 2.45) is 5.92 Å². The summed E-state index contributed by atoms with van der Waals surface area (Å²) in [4.78, 5) is 39.5. The van der Waals surface area contributed by atoms with Crippen molar-refractivity contribution in [1.82, 2.24) is 4.90 Å². The lowest BCUT2D eigenvalue weighted by Gasteiger charge is -2.40. The molecule has 1 aromatic rings. The summed E-state index contributed by atoms with van der Waals surface area (Å²) >= 11 is 0. The van der Waals surface area contributed by atoms with Gasteiger partial charge in [0.25, 0.3) is 5.69 Å². The van der Waals surface area contributed by atoms with Crippen LogP contribution in [-0.4, -0.2) is 48.6 Å². The average Bonchev–Trinajstić information content (AvgIpc) is 2.78. The molecule has 1 fully saturated rings. The van der Waals surface area contributed by atoms with Crippen molar-refractivity contribution in [3.8, 4) is 0 Å². The number of esters is 2. The number of nitro benzene ring substituents is 1. The lowest BCUT2D eigenvalue weighted by molar-refractivity contribution is -0.385. The number of methoxy groups -OCH3 is 1. The maximum Gasteiger partial charge on any atom is 0.334 e. The lowest BCUT2D eigenvalue weighted by atomic mass is 9.72. The molecule has 0 radical (unpaired) electrons. The molecule has 2 atom stereocenters. The zero-order valence-corrected chi connectivity index (χ0v) is 18.1. The molecule has 2 aliphatic rings. The standard InChI is InChI=1S/C23H28N2O6/c1-4-31-23(27)21-18(24-12-8-5-9-13-24)14-15(2)19(22(26)30-3)20(21)16-10-6-7-11-17(16)25(28)29/h6-7,10-11,14,20-21H,4-5,8-9,12-13H2,1-3H3/t20-,21-/m0/s1. The quantitative estimate of drug-likeness (QED) is 0.387. The molecule has 8 nitrogen and oxygen atoms in total. The molecule has 0 N–H and O–H groups in total. The number of ether oxygens (including phenoxy) is 2. The summed E-state index contributed by atoms with van der Waals surface area (Å²) in [5.41, 5.74) is 1.78. The van der Waals surface area contributed by atoms with Crippen LogP contribution in [-0.2, 0) is 19.1 Å². The highest BCUT2D eigenvalue weighted by molar-refractivity contribution is 5.95. The normalized spacial score (nSPS) is 21.4. The Kier molecular flexibility index (Phi) is 7.09. The molecule has 0 saturated carbocycles. The fourth-order valence-electron chi connectivity index (χ4n) is 4.55. The van der Waals surface area contributed by atoms with Crippen molar-refractivity contribution in [2.75, 3.05) is 26.8 Å². The van der Waals surface area contributed by atoms with Crippen LogP contribution in [0.3, 0.4) is 0 Å². The molecule has 0 bridgehead atoms. The molecule has 1 aliphatic carbocycles. The first-order valence-corrected chi connectivity index (χ1v) is 10.6. The first-order chi connectivity index (χ1) is 14.9. The third-order valence-electron chi connectivity index (χ3n) is 5.89. The van der Waals surface area contributed by atoms with E-state index in [0.717, 1.165) is 38.0 Å². The van der Waals surface area contributed by atoms with E-state index in [1.54, 1.807) is 32.0 Å². The smallest absolute Gasteiger partial charge is 0.334 e. The topological polar surface area (TPSA) is 99.0 Å². The second-order valence-electron chi connectivity index (χ2n) is 7.73. The molecule has 1 aliphatic heterocycles. The van der Waals surface area contributed by atoms with Gasteiger partial charge in [0, 0.05) is 41.9 Å². The van der Waals surface area contributed by atoms with Gasteiger partial charge in [0.1, 0.15) is 5.92 Å². The summed E-state index contributed by atoms with van der Waals surface area (Å²) in [6.07, 6.45) is 4.94. The number of nitro groups is 1. The van der Waals surface area contributed by atoms with Crippen LogP contribution in [0.25, 0.3) is 0 Å². The zero-order chi connectivity index (χ0) is 22.5. The van der Waals surface area contributed by atoms with Gasteiger partial charge in [-0.1, -0.05) is 18.2 Å². The summed E-state index contributed by atoms with van der Waals surface area (Å²) in [5.74, 6) is -2.87. The van der Waals surface area contributed by atoms with E-state index in [2.05, 4.69) is 4.90 Å². The Bertz CT molecular complexity index is 930. The largest absolute Gasteiger partial charge is 0.466 e. The van der Waals surface area contributed by atoms with Crippen molar-refractivity contribution in [2.45, 2.75) is 39.0 Å². The summed E-state index contributed by atoms with van der Waals surface area (Å²) in [6, 6.07) is 6.23. The monoisotopic (exact) mass is 428 g/mol. The van der Waals surface area contributed by atoms with Crippen molar-refractivity contribution in [1.29, 1.82) is 0 Å². The summed E-state index contributed by atoms with van der Waals surface area (Å²) in [6.45, 7) is 5.23. The van der Waals surface area contributed by atoms with Gasteiger partial charge >= 0.3 is 11.9 Å². The Labute approximate surface area is 181 Å². The van der Waals surface area contributed by atoms with Gasteiger partial charge in [0.05, 0.1) is 18.6 Å². The van der Waals surface area contributed by atoms with Gasteiger partial charge in [-0.3, -0.25) is 14.9 Å². The Hall–Kier alpha value is -3.16. The lowest BCUT2D eigenvalue weighted by Crippen LogP contribution is -2.41. The van der Waals surface area contributed by atoms with Crippen LogP contribution in [0, 0.1) is 16.0 Å². The zero-order valence-electron chi connectivity index (χ0n) is 18.1. The highest BCUT2D eigenvalue weighted by Crippen LogP contribution is 2.47. The van der Waals surface area contributed by atoms with Crippen LogP contribution in [0.15, 0.2) is 47.2 Å².